The van der Waals surface area contributed by atoms with Gasteiger partial charge in [-0.3, -0.25) is 9.59 Å². The average Bonchev–Trinajstić information content (AvgIpc) is 3.20. The molecular formula is C22H32N4O2S. The molecule has 29 heavy (non-hydrogen) atoms. The Morgan fingerprint density at radius 2 is 1.97 bits per heavy atom. The van der Waals surface area contributed by atoms with Crippen LogP contribution in [0.1, 0.15) is 62.5 Å². The molecule has 0 saturated heterocycles. The molecule has 1 atom stereocenters. The van der Waals surface area contributed by atoms with Crippen molar-refractivity contribution in [3.05, 3.63) is 47.0 Å². The first-order valence-electron chi connectivity index (χ1n) is 10.3. The van der Waals surface area contributed by atoms with E-state index in [9.17, 15) is 9.59 Å². The third-order valence-corrected chi connectivity index (χ3v) is 5.46. The maximum absolute atomic E-state index is 13.1. The van der Waals surface area contributed by atoms with Gasteiger partial charge in [-0.25, -0.2) is 4.98 Å². The molecule has 1 heterocycles. The molecule has 0 unspecified atom stereocenters. The molecule has 0 bridgehead atoms. The minimum Gasteiger partial charge on any atom is -0.362 e. The van der Waals surface area contributed by atoms with Crippen LogP contribution in [0.4, 0.5) is 5.13 Å². The number of anilines is 1. The Morgan fingerprint density at radius 1 is 1.21 bits per heavy atom. The first kappa shape index (κ1) is 22.9. The summed E-state index contributed by atoms with van der Waals surface area (Å²) in [5.41, 5.74) is 1.45. The highest BCUT2D eigenvalue weighted by Gasteiger charge is 2.20. The molecular weight excluding hydrogens is 384 g/mol. The highest BCUT2D eigenvalue weighted by atomic mass is 32.1. The highest BCUT2D eigenvalue weighted by Crippen LogP contribution is 2.18. The van der Waals surface area contributed by atoms with E-state index in [0.29, 0.717) is 18.8 Å². The van der Waals surface area contributed by atoms with Crippen LogP contribution in [0.5, 0.6) is 0 Å². The molecule has 0 spiro atoms. The third kappa shape index (κ3) is 7.85. The lowest BCUT2D eigenvalue weighted by atomic mass is 10.2. The number of carbonyl (C=O) groups is 2. The summed E-state index contributed by atoms with van der Waals surface area (Å²) < 4.78 is 0. The van der Waals surface area contributed by atoms with Crippen molar-refractivity contribution >= 4 is 28.3 Å². The van der Waals surface area contributed by atoms with Crippen LogP contribution in [-0.4, -0.2) is 40.8 Å². The van der Waals surface area contributed by atoms with Crippen LogP contribution in [-0.2, 0) is 11.3 Å². The molecule has 0 fully saturated rings. The molecule has 2 aromatic rings. The highest BCUT2D eigenvalue weighted by molar-refractivity contribution is 7.13. The number of aromatic nitrogens is 1. The number of benzene rings is 1. The fraction of sp³-hybridized carbons (Fsp3) is 0.500. The summed E-state index contributed by atoms with van der Waals surface area (Å²) in [7, 11) is 0. The van der Waals surface area contributed by atoms with Crippen molar-refractivity contribution in [2.24, 2.45) is 0 Å². The molecule has 6 nitrogen and oxygen atoms in total. The first-order chi connectivity index (χ1) is 14.0. The standard InChI is InChI=1S/C22H32N4O2S/c1-4-6-13-23-22-25-19(16-29-22)21(28)26(15-18-10-8-7-9-11-18)14-12-20(27)24-17(3)5-2/h7-11,16-17H,4-6,12-15H2,1-3H3,(H,23,25)(H,24,27)/t17-/m0/s1. The van der Waals surface area contributed by atoms with Crippen molar-refractivity contribution < 1.29 is 9.59 Å². The smallest absolute Gasteiger partial charge is 0.273 e. The van der Waals surface area contributed by atoms with Crippen LogP contribution in [0.3, 0.4) is 0 Å². The zero-order valence-corrected chi connectivity index (χ0v) is 18.4. The summed E-state index contributed by atoms with van der Waals surface area (Å²) in [6.07, 6.45) is 3.32. The fourth-order valence-electron chi connectivity index (χ4n) is 2.73. The molecule has 0 aliphatic heterocycles. The second-order valence-electron chi connectivity index (χ2n) is 7.16. The fourth-order valence-corrected chi connectivity index (χ4v) is 3.44. The lowest BCUT2D eigenvalue weighted by Crippen LogP contribution is -2.37. The second-order valence-corrected chi connectivity index (χ2v) is 8.02. The molecule has 1 aromatic carbocycles. The first-order valence-corrected chi connectivity index (χ1v) is 11.2. The number of rotatable bonds is 12. The zero-order chi connectivity index (χ0) is 21.1. The number of nitrogens with one attached hydrogen (secondary N) is 2. The van der Waals surface area contributed by atoms with Crippen molar-refractivity contribution in [3.63, 3.8) is 0 Å². The van der Waals surface area contributed by atoms with Crippen LogP contribution in [0.2, 0.25) is 0 Å². The normalized spacial score (nSPS) is 11.7. The van der Waals surface area contributed by atoms with Crippen LogP contribution in [0.15, 0.2) is 35.7 Å². The second kappa shape index (κ2) is 12.2. The average molecular weight is 417 g/mol. The van der Waals surface area contributed by atoms with Crippen LogP contribution in [0.25, 0.3) is 0 Å². The van der Waals surface area contributed by atoms with Crippen molar-refractivity contribution in [2.45, 2.75) is 59.0 Å². The maximum atomic E-state index is 13.1. The summed E-state index contributed by atoms with van der Waals surface area (Å²) in [6.45, 7) is 7.80. The van der Waals surface area contributed by atoms with Crippen molar-refractivity contribution in [1.29, 1.82) is 0 Å². The molecule has 2 rings (SSSR count). The largest absolute Gasteiger partial charge is 0.362 e. The Kier molecular flexibility index (Phi) is 9.64. The van der Waals surface area contributed by atoms with E-state index >= 15 is 0 Å². The van der Waals surface area contributed by atoms with Crippen molar-refractivity contribution in [2.75, 3.05) is 18.4 Å². The van der Waals surface area contributed by atoms with Gasteiger partial charge in [0.05, 0.1) is 0 Å². The minimum atomic E-state index is -0.148. The summed E-state index contributed by atoms with van der Waals surface area (Å²) in [5, 5.41) is 8.77. The van der Waals surface area contributed by atoms with Gasteiger partial charge < -0.3 is 15.5 Å². The molecule has 7 heteroatoms. The number of hydrogen-bond donors (Lipinski definition) is 2. The number of hydrogen-bond acceptors (Lipinski definition) is 5. The van der Waals surface area contributed by atoms with Gasteiger partial charge in [-0.05, 0) is 25.3 Å². The van der Waals surface area contributed by atoms with Gasteiger partial charge >= 0.3 is 0 Å². The lowest BCUT2D eigenvalue weighted by molar-refractivity contribution is -0.121. The van der Waals surface area contributed by atoms with Gasteiger partial charge in [-0.1, -0.05) is 50.6 Å². The van der Waals surface area contributed by atoms with E-state index in [1.54, 1.807) is 10.3 Å². The van der Waals surface area contributed by atoms with Gasteiger partial charge in [0, 0.05) is 37.5 Å². The maximum Gasteiger partial charge on any atom is 0.273 e. The molecule has 2 N–H and O–H groups in total. The van der Waals surface area contributed by atoms with Gasteiger partial charge in [0.2, 0.25) is 5.91 Å². The van der Waals surface area contributed by atoms with Crippen LogP contribution < -0.4 is 10.6 Å². The van der Waals surface area contributed by atoms with Gasteiger partial charge in [-0.15, -0.1) is 11.3 Å². The summed E-state index contributed by atoms with van der Waals surface area (Å²) in [4.78, 5) is 31.5. The number of thiazole rings is 1. The van der Waals surface area contributed by atoms with E-state index in [4.69, 9.17) is 0 Å². The summed E-state index contributed by atoms with van der Waals surface area (Å²) >= 11 is 1.44. The van der Waals surface area contributed by atoms with Crippen LogP contribution in [0, 0.1) is 0 Å². The SMILES string of the molecule is CCCCNc1nc(C(=O)N(CCC(=O)N[C@@H](C)CC)Cc2ccccc2)cs1. The van der Waals surface area contributed by atoms with Gasteiger partial charge in [-0.2, -0.15) is 0 Å². The minimum absolute atomic E-state index is 0.0367. The Balaban J connectivity index is 2.05. The van der Waals surface area contributed by atoms with E-state index in [1.807, 2.05) is 44.2 Å². The van der Waals surface area contributed by atoms with Gasteiger partial charge in [0.15, 0.2) is 5.13 Å². The predicted octanol–water partition coefficient (Wildman–Crippen LogP) is 4.30. The molecule has 0 aliphatic rings. The van der Waals surface area contributed by atoms with Crippen molar-refractivity contribution in [3.8, 4) is 0 Å². The van der Waals surface area contributed by atoms with Gasteiger partial charge in [0.25, 0.3) is 5.91 Å². The Hall–Kier alpha value is -2.41. The quantitative estimate of drug-likeness (QED) is 0.506. The third-order valence-electron chi connectivity index (χ3n) is 4.66. The number of amides is 2. The molecule has 1 aromatic heterocycles. The van der Waals surface area contributed by atoms with Gasteiger partial charge in [0.1, 0.15) is 5.69 Å². The predicted molar refractivity (Wildman–Crippen MR) is 119 cm³/mol. The van der Waals surface area contributed by atoms with Crippen molar-refractivity contribution in [1.82, 2.24) is 15.2 Å². The summed E-state index contributed by atoms with van der Waals surface area (Å²) in [6, 6.07) is 9.95. The number of unbranched alkanes of at least 4 members (excludes halogenated alkanes) is 1. The Morgan fingerprint density at radius 3 is 2.66 bits per heavy atom. The zero-order valence-electron chi connectivity index (χ0n) is 17.6. The van der Waals surface area contributed by atoms with E-state index in [0.717, 1.165) is 36.5 Å². The summed E-state index contributed by atoms with van der Waals surface area (Å²) in [5.74, 6) is -0.185. The number of nitrogens with zero attached hydrogens (tertiary/aromatic N) is 2. The number of carbonyl (C=O) groups excluding carboxylic acids is 2. The lowest BCUT2D eigenvalue weighted by Gasteiger charge is -2.22. The topological polar surface area (TPSA) is 74.3 Å². The molecule has 0 aliphatic carbocycles. The molecule has 158 valence electrons. The molecule has 0 saturated carbocycles. The van der Waals surface area contributed by atoms with Crippen LogP contribution >= 0.6 is 11.3 Å². The molecule has 0 radical (unpaired) electrons. The van der Waals surface area contributed by atoms with E-state index in [1.165, 1.54) is 11.3 Å². The Labute approximate surface area is 177 Å². The van der Waals surface area contributed by atoms with E-state index in [-0.39, 0.29) is 24.3 Å². The van der Waals surface area contributed by atoms with E-state index in [2.05, 4.69) is 22.5 Å². The Bertz CT molecular complexity index is 763. The monoisotopic (exact) mass is 416 g/mol. The molecule has 2 amide bonds. The van der Waals surface area contributed by atoms with E-state index < -0.39 is 0 Å².